The minimum atomic E-state index is -0.519. The first-order chi connectivity index (χ1) is 17.7. The first kappa shape index (κ1) is 24.0. The predicted octanol–water partition coefficient (Wildman–Crippen LogP) is 5.54. The average molecular weight is 477 g/mol. The zero-order valence-corrected chi connectivity index (χ0v) is 20.8. The van der Waals surface area contributed by atoms with Gasteiger partial charge in [-0.15, -0.1) is 0 Å². The van der Waals surface area contributed by atoms with Crippen molar-refractivity contribution >= 4 is 5.91 Å². The fourth-order valence-corrected chi connectivity index (χ4v) is 5.50. The molecule has 4 nitrogen and oxygen atoms in total. The Bertz CT molecular complexity index is 1170. The summed E-state index contributed by atoms with van der Waals surface area (Å²) in [5.74, 6) is -0.246. The molecular formula is C32H32N2O2. The highest BCUT2D eigenvalue weighted by Gasteiger charge is 2.57. The van der Waals surface area contributed by atoms with E-state index < -0.39 is 5.54 Å². The molecule has 1 saturated heterocycles. The van der Waals surface area contributed by atoms with Crippen molar-refractivity contribution in [3.05, 3.63) is 144 Å². The number of benzene rings is 4. The summed E-state index contributed by atoms with van der Waals surface area (Å²) in [7, 11) is 3.25. The van der Waals surface area contributed by atoms with Crippen LogP contribution in [0.4, 0.5) is 0 Å². The molecule has 4 heteroatoms. The lowest BCUT2D eigenvalue weighted by molar-refractivity contribution is -0.173. The molecule has 1 fully saturated rings. The van der Waals surface area contributed by atoms with Crippen molar-refractivity contribution in [1.29, 1.82) is 0 Å². The van der Waals surface area contributed by atoms with Crippen molar-refractivity contribution in [2.45, 2.75) is 18.0 Å². The Morgan fingerprint density at radius 1 is 0.806 bits per heavy atom. The smallest absolute Gasteiger partial charge is 0.250 e. The Labute approximate surface area is 213 Å². The second-order valence-electron chi connectivity index (χ2n) is 9.34. The fourth-order valence-electron chi connectivity index (χ4n) is 5.50. The molecule has 1 aliphatic rings. The molecule has 0 radical (unpaired) electrons. The van der Waals surface area contributed by atoms with Gasteiger partial charge in [-0.25, -0.2) is 5.06 Å². The summed E-state index contributed by atoms with van der Waals surface area (Å²) in [6.07, 6.45) is 0.656. The minimum Gasteiger partial charge on any atom is -0.279 e. The highest BCUT2D eigenvalue weighted by molar-refractivity contribution is 5.79. The number of hydrogen-bond donors (Lipinski definition) is 0. The summed E-state index contributed by atoms with van der Waals surface area (Å²) < 4.78 is 0. The van der Waals surface area contributed by atoms with E-state index in [1.54, 1.807) is 14.2 Å². The fraction of sp³-hybridized carbons (Fsp3) is 0.219. The maximum absolute atomic E-state index is 13.6. The van der Waals surface area contributed by atoms with Crippen LogP contribution in [0.1, 0.15) is 22.3 Å². The SMILES string of the molecule is CON(C)C(=O)[C@@H](Cc1ccccc1)[C@H]1CN1C(c1ccccc1)(c1ccccc1)c1ccccc1. The molecule has 4 aromatic rings. The summed E-state index contributed by atoms with van der Waals surface area (Å²) in [5.41, 5.74) is 4.20. The molecule has 0 spiro atoms. The molecule has 36 heavy (non-hydrogen) atoms. The third-order valence-electron chi connectivity index (χ3n) is 7.32. The van der Waals surface area contributed by atoms with Crippen LogP contribution in [0.15, 0.2) is 121 Å². The van der Waals surface area contributed by atoms with Crippen LogP contribution in [0.25, 0.3) is 0 Å². The third-order valence-corrected chi connectivity index (χ3v) is 7.32. The molecule has 1 aliphatic heterocycles. The van der Waals surface area contributed by atoms with Crippen LogP contribution in [-0.4, -0.2) is 42.6 Å². The van der Waals surface area contributed by atoms with Gasteiger partial charge in [0, 0.05) is 19.6 Å². The van der Waals surface area contributed by atoms with Crippen LogP contribution in [0, 0.1) is 5.92 Å². The molecular weight excluding hydrogens is 444 g/mol. The van der Waals surface area contributed by atoms with Crippen molar-refractivity contribution in [1.82, 2.24) is 9.96 Å². The van der Waals surface area contributed by atoms with Crippen molar-refractivity contribution in [2.75, 3.05) is 20.7 Å². The topological polar surface area (TPSA) is 32.5 Å². The normalized spacial score (nSPS) is 17.8. The maximum Gasteiger partial charge on any atom is 0.250 e. The van der Waals surface area contributed by atoms with E-state index in [1.165, 1.54) is 21.8 Å². The Kier molecular flexibility index (Phi) is 6.99. The third kappa shape index (κ3) is 4.46. The highest BCUT2D eigenvalue weighted by atomic mass is 16.7. The van der Waals surface area contributed by atoms with E-state index in [1.807, 2.05) is 18.2 Å². The lowest BCUT2D eigenvalue weighted by Gasteiger charge is -2.39. The van der Waals surface area contributed by atoms with Gasteiger partial charge in [0.25, 0.3) is 5.91 Å². The molecule has 1 unspecified atom stereocenters. The van der Waals surface area contributed by atoms with Crippen LogP contribution < -0.4 is 0 Å². The molecule has 0 aromatic heterocycles. The molecule has 4 aromatic carbocycles. The van der Waals surface area contributed by atoms with Gasteiger partial charge < -0.3 is 0 Å². The number of nitrogens with zero attached hydrogens (tertiary/aromatic N) is 2. The molecule has 0 saturated carbocycles. The van der Waals surface area contributed by atoms with Gasteiger partial charge in [0.2, 0.25) is 0 Å². The van der Waals surface area contributed by atoms with Crippen molar-refractivity contribution in [2.24, 2.45) is 5.92 Å². The van der Waals surface area contributed by atoms with Crippen molar-refractivity contribution in [3.8, 4) is 0 Å². The van der Waals surface area contributed by atoms with Crippen molar-refractivity contribution < 1.29 is 9.63 Å². The summed E-state index contributed by atoms with van der Waals surface area (Å²) in [6, 6.07) is 42.3. The van der Waals surface area contributed by atoms with Gasteiger partial charge in [-0.3, -0.25) is 14.5 Å². The highest BCUT2D eigenvalue weighted by Crippen LogP contribution is 2.50. The molecule has 5 rings (SSSR count). The number of carbonyl (C=O) groups is 1. The van der Waals surface area contributed by atoms with Gasteiger partial charge in [-0.1, -0.05) is 121 Å². The molecule has 0 N–H and O–H groups in total. The zero-order chi connectivity index (χ0) is 25.0. The number of hydroxylamine groups is 2. The van der Waals surface area contributed by atoms with E-state index in [9.17, 15) is 4.79 Å². The Balaban J connectivity index is 1.64. The summed E-state index contributed by atoms with van der Waals surface area (Å²) in [5, 5.41) is 1.37. The maximum atomic E-state index is 13.6. The largest absolute Gasteiger partial charge is 0.279 e. The van der Waals surface area contributed by atoms with Crippen LogP contribution in [-0.2, 0) is 21.6 Å². The van der Waals surface area contributed by atoms with Gasteiger partial charge in [-0.05, 0) is 28.7 Å². The standard InChI is InChI=1S/C32H32N2O2/c1-33(36-2)31(35)29(23-25-15-7-3-8-16-25)30-24-34(30)32(26-17-9-4-10-18-26,27-19-11-5-12-20-27)28-21-13-6-14-22-28/h3-22,29-30H,23-24H2,1-2H3/t29-,30+,34?/m0/s1. The first-order valence-corrected chi connectivity index (χ1v) is 12.4. The monoisotopic (exact) mass is 476 g/mol. The van der Waals surface area contributed by atoms with Crippen LogP contribution in [0.3, 0.4) is 0 Å². The van der Waals surface area contributed by atoms with E-state index >= 15 is 0 Å². The molecule has 3 atom stereocenters. The number of carbonyl (C=O) groups excluding carboxylic acids is 1. The van der Waals surface area contributed by atoms with Crippen LogP contribution >= 0.6 is 0 Å². The van der Waals surface area contributed by atoms with Gasteiger partial charge >= 0.3 is 0 Å². The van der Waals surface area contributed by atoms with E-state index in [2.05, 4.69) is 108 Å². The Hall–Kier alpha value is -3.73. The second kappa shape index (κ2) is 10.5. The minimum absolute atomic E-state index is 0.00284. The number of hydrogen-bond acceptors (Lipinski definition) is 3. The average Bonchev–Trinajstić information content (AvgIpc) is 3.74. The van der Waals surface area contributed by atoms with E-state index in [-0.39, 0.29) is 17.9 Å². The second-order valence-corrected chi connectivity index (χ2v) is 9.34. The summed E-state index contributed by atoms with van der Waals surface area (Å²) in [6.45, 7) is 0.805. The van der Waals surface area contributed by atoms with E-state index in [0.29, 0.717) is 6.42 Å². The Morgan fingerprint density at radius 2 is 1.22 bits per heavy atom. The quantitative estimate of drug-likeness (QED) is 0.181. The first-order valence-electron chi connectivity index (χ1n) is 12.4. The lowest BCUT2D eigenvalue weighted by Crippen LogP contribution is -2.43. The molecule has 0 aliphatic carbocycles. The van der Waals surface area contributed by atoms with E-state index in [0.717, 1.165) is 12.1 Å². The van der Waals surface area contributed by atoms with Gasteiger partial charge in [0.15, 0.2) is 0 Å². The lowest BCUT2D eigenvalue weighted by atomic mass is 9.76. The molecule has 182 valence electrons. The predicted molar refractivity (Wildman–Crippen MR) is 143 cm³/mol. The van der Waals surface area contributed by atoms with E-state index in [4.69, 9.17) is 4.84 Å². The van der Waals surface area contributed by atoms with Crippen molar-refractivity contribution in [3.63, 3.8) is 0 Å². The summed E-state index contributed by atoms with van der Waals surface area (Å²) >= 11 is 0. The van der Waals surface area contributed by atoms with Gasteiger partial charge in [0.05, 0.1) is 18.6 Å². The van der Waals surface area contributed by atoms with Gasteiger partial charge in [-0.2, -0.15) is 0 Å². The summed E-state index contributed by atoms with van der Waals surface area (Å²) in [4.78, 5) is 21.5. The molecule has 1 heterocycles. The molecule has 0 bridgehead atoms. The Morgan fingerprint density at radius 3 is 1.64 bits per heavy atom. The number of rotatable bonds is 9. The van der Waals surface area contributed by atoms with Gasteiger partial charge in [0.1, 0.15) is 0 Å². The zero-order valence-electron chi connectivity index (χ0n) is 20.8. The van der Waals surface area contributed by atoms with Crippen LogP contribution in [0.5, 0.6) is 0 Å². The molecule has 1 amide bonds. The number of amides is 1. The van der Waals surface area contributed by atoms with Crippen LogP contribution in [0.2, 0.25) is 0 Å².